The van der Waals surface area contributed by atoms with Crippen molar-refractivity contribution in [2.24, 2.45) is 0 Å². The van der Waals surface area contributed by atoms with E-state index in [0.29, 0.717) is 28.0 Å². The molecule has 0 radical (unpaired) electrons. The Morgan fingerprint density at radius 3 is 2.17 bits per heavy atom. The summed E-state index contributed by atoms with van der Waals surface area (Å²) in [5, 5.41) is 0. The highest BCUT2D eigenvalue weighted by Crippen LogP contribution is 2.32. The largest absolute Gasteiger partial charge is 0.493 e. The summed E-state index contributed by atoms with van der Waals surface area (Å²) in [6.45, 7) is 1.89. The number of hydrogen-bond donors (Lipinski definition) is 0. The van der Waals surface area contributed by atoms with Crippen LogP contribution in [-0.2, 0) is 0 Å². The van der Waals surface area contributed by atoms with Gasteiger partial charge in [0.1, 0.15) is 0 Å². The maximum absolute atomic E-state index is 12.6. The summed E-state index contributed by atoms with van der Waals surface area (Å²) in [5.41, 5.74) is 2.89. The molecule has 5 nitrogen and oxygen atoms in total. The fourth-order valence-corrected chi connectivity index (χ4v) is 3.36. The first kappa shape index (κ1) is 19.3. The number of hydrogen-bond acceptors (Lipinski definition) is 5. The van der Waals surface area contributed by atoms with Crippen LogP contribution in [0.15, 0.2) is 72.3 Å². The second-order valence-electron chi connectivity index (χ2n) is 6.93. The van der Waals surface area contributed by atoms with Crippen molar-refractivity contribution in [3.63, 3.8) is 0 Å². The van der Waals surface area contributed by atoms with E-state index in [0.717, 1.165) is 5.56 Å². The Labute approximate surface area is 173 Å². The van der Waals surface area contributed by atoms with Crippen molar-refractivity contribution in [3.05, 3.63) is 100 Å². The van der Waals surface area contributed by atoms with Crippen LogP contribution in [0.1, 0.15) is 42.2 Å². The number of ether oxygens (including phenoxy) is 2. The highest BCUT2D eigenvalue weighted by Gasteiger charge is 2.32. The zero-order valence-electron chi connectivity index (χ0n) is 16.5. The monoisotopic (exact) mass is 398 g/mol. The van der Waals surface area contributed by atoms with Crippen LogP contribution in [0.4, 0.5) is 0 Å². The minimum absolute atomic E-state index is 0.0998. The molecular formula is C25H18O5. The zero-order chi connectivity index (χ0) is 21.3. The van der Waals surface area contributed by atoms with Gasteiger partial charge in [0.15, 0.2) is 23.1 Å². The van der Waals surface area contributed by atoms with E-state index in [2.05, 4.69) is 0 Å². The van der Waals surface area contributed by atoms with E-state index in [1.807, 2.05) is 13.0 Å². The Morgan fingerprint density at radius 2 is 1.53 bits per heavy atom. The average Bonchev–Trinajstić information content (AvgIpc) is 2.99. The van der Waals surface area contributed by atoms with Gasteiger partial charge >= 0.3 is 5.97 Å². The highest BCUT2D eigenvalue weighted by molar-refractivity contribution is 6.41. The first-order valence-corrected chi connectivity index (χ1v) is 9.35. The molecule has 0 aromatic heterocycles. The lowest BCUT2D eigenvalue weighted by Crippen LogP contribution is -2.09. The number of carbonyl (C=O) groups excluding carboxylic acids is 3. The predicted molar refractivity (Wildman–Crippen MR) is 112 cm³/mol. The third-order valence-corrected chi connectivity index (χ3v) is 4.86. The van der Waals surface area contributed by atoms with Gasteiger partial charge in [-0.1, -0.05) is 48.0 Å². The Balaban J connectivity index is 1.62. The van der Waals surface area contributed by atoms with Gasteiger partial charge in [-0.3, -0.25) is 9.59 Å². The maximum Gasteiger partial charge on any atom is 0.343 e. The topological polar surface area (TPSA) is 69.7 Å². The zero-order valence-corrected chi connectivity index (χ0v) is 16.5. The summed E-state index contributed by atoms with van der Waals surface area (Å²) in [4.78, 5) is 37.6. The first-order chi connectivity index (χ1) is 14.5. The third kappa shape index (κ3) is 3.53. The van der Waals surface area contributed by atoms with Gasteiger partial charge in [-0.2, -0.15) is 0 Å². The third-order valence-electron chi connectivity index (χ3n) is 4.86. The van der Waals surface area contributed by atoms with E-state index in [1.54, 1.807) is 60.7 Å². The molecule has 1 aliphatic rings. The molecule has 0 saturated heterocycles. The Kier molecular flexibility index (Phi) is 5.02. The fourth-order valence-electron chi connectivity index (χ4n) is 3.36. The van der Waals surface area contributed by atoms with Crippen molar-refractivity contribution in [1.82, 2.24) is 0 Å². The van der Waals surface area contributed by atoms with Crippen molar-refractivity contribution in [3.8, 4) is 11.5 Å². The lowest BCUT2D eigenvalue weighted by Gasteiger charge is -2.10. The van der Waals surface area contributed by atoms with Crippen LogP contribution >= 0.6 is 0 Å². The molecule has 0 amide bonds. The van der Waals surface area contributed by atoms with E-state index in [-0.39, 0.29) is 22.9 Å². The van der Waals surface area contributed by atoms with Crippen LogP contribution in [0.2, 0.25) is 0 Å². The van der Waals surface area contributed by atoms with Crippen LogP contribution in [0.25, 0.3) is 6.08 Å². The van der Waals surface area contributed by atoms with Crippen LogP contribution < -0.4 is 9.47 Å². The Morgan fingerprint density at radius 1 is 0.833 bits per heavy atom. The SMILES string of the molecule is COc1cc(C=C2C(=O)c3ccccc3C2=O)ccc1OC(=O)c1cccc(C)c1. The minimum Gasteiger partial charge on any atom is -0.493 e. The molecule has 148 valence electrons. The lowest BCUT2D eigenvalue weighted by molar-refractivity contribution is 0.0729. The van der Waals surface area contributed by atoms with Crippen LogP contribution in [0.3, 0.4) is 0 Å². The molecule has 0 aliphatic heterocycles. The Hall–Kier alpha value is -3.99. The molecule has 3 aromatic rings. The number of aryl methyl sites for hydroxylation is 1. The van der Waals surface area contributed by atoms with Crippen LogP contribution in [0.5, 0.6) is 11.5 Å². The predicted octanol–water partition coefficient (Wildman–Crippen LogP) is 4.69. The summed E-state index contributed by atoms with van der Waals surface area (Å²) in [7, 11) is 1.46. The number of fused-ring (bicyclic) bond motifs is 1. The summed E-state index contributed by atoms with van der Waals surface area (Å²) in [6.07, 6.45) is 1.53. The summed E-state index contributed by atoms with van der Waals surface area (Å²) < 4.78 is 10.8. The van der Waals surface area contributed by atoms with E-state index in [4.69, 9.17) is 9.47 Å². The first-order valence-electron chi connectivity index (χ1n) is 9.35. The van der Waals surface area contributed by atoms with Crippen LogP contribution in [-0.4, -0.2) is 24.6 Å². The maximum atomic E-state index is 12.6. The minimum atomic E-state index is -0.500. The molecule has 3 aromatic carbocycles. The molecule has 1 aliphatic carbocycles. The van der Waals surface area contributed by atoms with Gasteiger partial charge in [0.2, 0.25) is 0 Å². The van der Waals surface area contributed by atoms with Gasteiger partial charge in [0.25, 0.3) is 0 Å². The van der Waals surface area contributed by atoms with Crippen molar-refractivity contribution in [2.45, 2.75) is 6.92 Å². The summed E-state index contributed by atoms with van der Waals surface area (Å²) >= 11 is 0. The molecule has 0 bridgehead atoms. The van der Waals surface area contributed by atoms with E-state index in [9.17, 15) is 14.4 Å². The van der Waals surface area contributed by atoms with Crippen molar-refractivity contribution in [2.75, 3.05) is 7.11 Å². The highest BCUT2D eigenvalue weighted by atomic mass is 16.6. The number of Topliss-reactive ketones (excluding diaryl/α,β-unsaturated/α-hetero) is 2. The molecule has 0 N–H and O–H groups in total. The molecular weight excluding hydrogens is 380 g/mol. The summed E-state index contributed by atoms with van der Waals surface area (Å²) in [6, 6.07) is 18.7. The smallest absolute Gasteiger partial charge is 0.343 e. The molecule has 0 spiro atoms. The molecule has 0 atom stereocenters. The van der Waals surface area contributed by atoms with Gasteiger partial charge < -0.3 is 9.47 Å². The average molecular weight is 398 g/mol. The van der Waals surface area contributed by atoms with E-state index < -0.39 is 5.97 Å². The second kappa shape index (κ2) is 7.79. The molecule has 30 heavy (non-hydrogen) atoms. The standard InChI is InChI=1S/C25H18O5/c1-15-6-5-7-17(12-15)25(28)30-21-11-10-16(14-22(21)29-2)13-20-23(26)18-8-3-4-9-19(18)24(20)27/h3-14H,1-2H3. The lowest BCUT2D eigenvalue weighted by atomic mass is 10.1. The van der Waals surface area contributed by atoms with Gasteiger partial charge in [-0.25, -0.2) is 4.79 Å². The number of ketones is 2. The number of carbonyl (C=O) groups is 3. The number of allylic oxidation sites excluding steroid dienone is 1. The quantitative estimate of drug-likeness (QED) is 0.276. The van der Waals surface area contributed by atoms with Gasteiger partial charge in [0, 0.05) is 11.1 Å². The van der Waals surface area contributed by atoms with Gasteiger partial charge in [0.05, 0.1) is 18.2 Å². The van der Waals surface area contributed by atoms with Gasteiger partial charge in [-0.15, -0.1) is 0 Å². The molecule has 0 unspecified atom stereocenters. The number of rotatable bonds is 4. The Bertz CT molecular complexity index is 1180. The van der Waals surface area contributed by atoms with Crippen molar-refractivity contribution < 1.29 is 23.9 Å². The molecule has 0 saturated carbocycles. The number of methoxy groups -OCH3 is 1. The molecule has 0 fully saturated rings. The van der Waals surface area contributed by atoms with E-state index in [1.165, 1.54) is 13.2 Å². The number of benzene rings is 3. The second-order valence-corrected chi connectivity index (χ2v) is 6.93. The number of esters is 1. The van der Waals surface area contributed by atoms with Gasteiger partial charge in [-0.05, 0) is 42.8 Å². The van der Waals surface area contributed by atoms with Crippen LogP contribution in [0, 0.1) is 6.92 Å². The van der Waals surface area contributed by atoms with E-state index >= 15 is 0 Å². The molecule has 0 heterocycles. The fraction of sp³-hybridized carbons (Fsp3) is 0.0800. The molecule has 4 rings (SSSR count). The molecule has 5 heteroatoms. The van der Waals surface area contributed by atoms with Crippen molar-refractivity contribution in [1.29, 1.82) is 0 Å². The normalized spacial score (nSPS) is 12.5. The van der Waals surface area contributed by atoms with Crippen molar-refractivity contribution >= 4 is 23.6 Å². The summed E-state index contributed by atoms with van der Waals surface area (Å²) in [5.74, 6) is -0.534.